The predicted molar refractivity (Wildman–Crippen MR) is 154 cm³/mol. The number of nitrogens with zero attached hydrogens (tertiary/aromatic N) is 1. The van der Waals surface area contributed by atoms with E-state index in [0.29, 0.717) is 15.1 Å². The molecule has 2 N–H and O–H groups in total. The molecule has 4 aromatic carbocycles. The van der Waals surface area contributed by atoms with Gasteiger partial charge in [-0.1, -0.05) is 63.4 Å². The van der Waals surface area contributed by atoms with Gasteiger partial charge >= 0.3 is 5.97 Å². The van der Waals surface area contributed by atoms with Crippen LogP contribution in [0.15, 0.2) is 105 Å². The molecule has 0 saturated heterocycles. The maximum atomic E-state index is 12.9. The topological polar surface area (TPSA) is 114 Å². The van der Waals surface area contributed by atoms with Crippen molar-refractivity contribution in [1.29, 1.82) is 0 Å². The van der Waals surface area contributed by atoms with E-state index in [1.807, 2.05) is 0 Å². The zero-order valence-corrected chi connectivity index (χ0v) is 23.7. The molecule has 0 unspecified atom stereocenters. The monoisotopic (exact) mass is 645 g/mol. The molecule has 0 aliphatic rings. The first-order chi connectivity index (χ1) is 18.6. The van der Waals surface area contributed by atoms with Crippen molar-refractivity contribution in [2.45, 2.75) is 4.90 Å². The van der Waals surface area contributed by atoms with Gasteiger partial charge in [0.2, 0.25) is 0 Å². The Labute approximate surface area is 242 Å². The first-order valence-corrected chi connectivity index (χ1v) is 14.1. The smallest absolute Gasteiger partial charge is 0.345 e. The molecule has 0 spiro atoms. The standard InChI is InChI=1S/C27H18BrCl2N3O5S/c28-18-9-14-25(38-27(35)21-5-1-3-7-23(21)30)17(15-18)16-31-32-26(34)22-6-2-4-8-24(22)33-39(36,37)20-12-10-19(29)11-13-20/h1-16,33H,(H,32,34)/b31-16+. The third-order valence-corrected chi connectivity index (χ3v) is 7.63. The van der Waals surface area contributed by atoms with Gasteiger partial charge in [-0.15, -0.1) is 0 Å². The molecule has 39 heavy (non-hydrogen) atoms. The van der Waals surface area contributed by atoms with Crippen LogP contribution >= 0.6 is 39.1 Å². The molecule has 0 saturated carbocycles. The largest absolute Gasteiger partial charge is 0.422 e. The summed E-state index contributed by atoms with van der Waals surface area (Å²) in [5.41, 5.74) is 3.02. The first kappa shape index (κ1) is 28.3. The second-order valence-electron chi connectivity index (χ2n) is 7.86. The fourth-order valence-electron chi connectivity index (χ4n) is 3.30. The Balaban J connectivity index is 1.51. The molecule has 0 aromatic heterocycles. The van der Waals surface area contributed by atoms with Gasteiger partial charge in [0.05, 0.1) is 32.9 Å². The number of hydrogen-bond donors (Lipinski definition) is 2. The number of ether oxygens (including phenoxy) is 1. The Kier molecular flexibility index (Phi) is 9.03. The third-order valence-electron chi connectivity index (χ3n) is 5.18. The Morgan fingerprint density at radius 1 is 0.872 bits per heavy atom. The lowest BCUT2D eigenvalue weighted by atomic mass is 10.2. The molecule has 0 atom stereocenters. The highest BCUT2D eigenvalue weighted by molar-refractivity contribution is 9.10. The summed E-state index contributed by atoms with van der Waals surface area (Å²) >= 11 is 15.3. The van der Waals surface area contributed by atoms with E-state index < -0.39 is 21.9 Å². The number of para-hydroxylation sites is 1. The SMILES string of the molecule is O=C(Oc1ccc(Br)cc1/C=N/NC(=O)c1ccccc1NS(=O)(=O)c1ccc(Cl)cc1)c1ccccc1Cl. The van der Waals surface area contributed by atoms with Crippen molar-refractivity contribution >= 4 is 72.9 Å². The van der Waals surface area contributed by atoms with Crippen molar-refractivity contribution in [3.63, 3.8) is 0 Å². The Hall–Kier alpha value is -3.70. The van der Waals surface area contributed by atoms with E-state index in [0.717, 1.165) is 0 Å². The molecule has 4 rings (SSSR count). The van der Waals surface area contributed by atoms with Crippen molar-refractivity contribution in [3.05, 3.63) is 122 Å². The molecule has 4 aromatic rings. The summed E-state index contributed by atoms with van der Waals surface area (Å²) in [5.74, 6) is -1.16. The highest BCUT2D eigenvalue weighted by atomic mass is 79.9. The number of sulfonamides is 1. The Bertz CT molecular complexity index is 1680. The average molecular weight is 647 g/mol. The minimum atomic E-state index is -3.99. The Morgan fingerprint density at radius 2 is 1.54 bits per heavy atom. The highest BCUT2D eigenvalue weighted by Gasteiger charge is 2.19. The molecular weight excluding hydrogens is 629 g/mol. The van der Waals surface area contributed by atoms with Gasteiger partial charge in [0.15, 0.2) is 0 Å². The van der Waals surface area contributed by atoms with Crippen LogP contribution in [-0.4, -0.2) is 26.5 Å². The fraction of sp³-hybridized carbons (Fsp3) is 0. The number of hydrazone groups is 1. The number of hydrogen-bond acceptors (Lipinski definition) is 6. The number of rotatable bonds is 8. The van der Waals surface area contributed by atoms with Gasteiger partial charge in [-0.05, 0) is 66.7 Å². The van der Waals surface area contributed by atoms with E-state index in [-0.39, 0.29) is 32.5 Å². The Morgan fingerprint density at radius 3 is 2.26 bits per heavy atom. The van der Waals surface area contributed by atoms with Gasteiger partial charge in [-0.2, -0.15) is 5.10 Å². The van der Waals surface area contributed by atoms with Crippen LogP contribution in [0.4, 0.5) is 5.69 Å². The van der Waals surface area contributed by atoms with Crippen LogP contribution in [0.5, 0.6) is 5.75 Å². The highest BCUT2D eigenvalue weighted by Crippen LogP contribution is 2.25. The van der Waals surface area contributed by atoms with Gasteiger partial charge in [0, 0.05) is 15.1 Å². The molecule has 12 heteroatoms. The van der Waals surface area contributed by atoms with Crippen LogP contribution < -0.4 is 14.9 Å². The molecule has 1 amide bonds. The van der Waals surface area contributed by atoms with E-state index in [4.69, 9.17) is 27.9 Å². The third kappa shape index (κ3) is 7.24. The summed E-state index contributed by atoms with van der Waals surface area (Å²) in [6.07, 6.45) is 1.29. The molecular formula is C27H18BrCl2N3O5S. The van der Waals surface area contributed by atoms with E-state index in [1.165, 1.54) is 48.7 Å². The first-order valence-electron chi connectivity index (χ1n) is 11.1. The van der Waals surface area contributed by atoms with E-state index >= 15 is 0 Å². The van der Waals surface area contributed by atoms with E-state index in [9.17, 15) is 18.0 Å². The second kappa shape index (κ2) is 12.4. The van der Waals surface area contributed by atoms with Crippen molar-refractivity contribution < 1.29 is 22.7 Å². The van der Waals surface area contributed by atoms with Crippen LogP contribution in [-0.2, 0) is 10.0 Å². The number of carbonyl (C=O) groups excluding carboxylic acids is 2. The zero-order valence-electron chi connectivity index (χ0n) is 19.8. The summed E-state index contributed by atoms with van der Waals surface area (Å²) in [5, 5.41) is 4.60. The quantitative estimate of drug-likeness (QED) is 0.0977. The number of nitrogens with one attached hydrogen (secondary N) is 2. The van der Waals surface area contributed by atoms with Gasteiger partial charge in [0.25, 0.3) is 15.9 Å². The van der Waals surface area contributed by atoms with Crippen LogP contribution in [0.25, 0.3) is 0 Å². The normalized spacial score (nSPS) is 11.3. The lowest BCUT2D eigenvalue weighted by molar-refractivity contribution is 0.0734. The summed E-state index contributed by atoms with van der Waals surface area (Å²) in [7, 11) is -3.99. The van der Waals surface area contributed by atoms with E-state index in [1.54, 1.807) is 48.5 Å². The minimum absolute atomic E-state index is 0.0198. The van der Waals surface area contributed by atoms with Crippen molar-refractivity contribution in [3.8, 4) is 5.75 Å². The molecule has 0 aliphatic heterocycles. The number of esters is 1. The number of anilines is 1. The van der Waals surface area contributed by atoms with Crippen LogP contribution in [0.1, 0.15) is 26.3 Å². The minimum Gasteiger partial charge on any atom is -0.422 e. The van der Waals surface area contributed by atoms with Crippen LogP contribution in [0.3, 0.4) is 0 Å². The van der Waals surface area contributed by atoms with Gasteiger partial charge in [-0.25, -0.2) is 18.6 Å². The molecule has 8 nitrogen and oxygen atoms in total. The fourth-order valence-corrected chi connectivity index (χ4v) is 5.10. The van der Waals surface area contributed by atoms with Gasteiger partial charge in [0.1, 0.15) is 5.75 Å². The molecule has 0 bridgehead atoms. The summed E-state index contributed by atoms with van der Waals surface area (Å²) in [6.45, 7) is 0. The maximum absolute atomic E-state index is 12.9. The molecule has 198 valence electrons. The molecule has 0 fully saturated rings. The van der Waals surface area contributed by atoms with Gasteiger partial charge in [-0.3, -0.25) is 9.52 Å². The maximum Gasteiger partial charge on any atom is 0.345 e. The number of amides is 1. The molecule has 0 radical (unpaired) electrons. The van der Waals surface area contributed by atoms with Crippen molar-refractivity contribution in [2.75, 3.05) is 4.72 Å². The lowest BCUT2D eigenvalue weighted by Gasteiger charge is -2.12. The summed E-state index contributed by atoms with van der Waals surface area (Å²) in [4.78, 5) is 25.5. The molecule has 0 aliphatic carbocycles. The van der Waals surface area contributed by atoms with Crippen LogP contribution in [0, 0.1) is 0 Å². The second-order valence-corrected chi connectivity index (χ2v) is 11.3. The van der Waals surface area contributed by atoms with Crippen molar-refractivity contribution in [1.82, 2.24) is 5.43 Å². The number of halogens is 3. The van der Waals surface area contributed by atoms with Gasteiger partial charge < -0.3 is 4.74 Å². The van der Waals surface area contributed by atoms with E-state index in [2.05, 4.69) is 31.2 Å². The van der Waals surface area contributed by atoms with Crippen LogP contribution in [0.2, 0.25) is 10.0 Å². The zero-order chi connectivity index (χ0) is 28.0. The number of carbonyl (C=O) groups is 2. The predicted octanol–water partition coefficient (Wildman–Crippen LogP) is 6.54. The lowest BCUT2D eigenvalue weighted by Crippen LogP contribution is -2.21. The summed E-state index contributed by atoms with van der Waals surface area (Å²) < 4.78 is 34.2. The van der Waals surface area contributed by atoms with Crippen molar-refractivity contribution in [2.24, 2.45) is 5.10 Å². The average Bonchev–Trinajstić information content (AvgIpc) is 2.90. The number of benzene rings is 4. The summed E-state index contributed by atoms with van der Waals surface area (Å²) in [6, 6.07) is 23.0. The molecule has 0 heterocycles.